The van der Waals surface area contributed by atoms with E-state index in [-0.39, 0.29) is 0 Å². The molecule has 22 heavy (non-hydrogen) atoms. The number of nitrogens with zero attached hydrogens (tertiary/aromatic N) is 3. The second-order valence-corrected chi connectivity index (χ2v) is 7.03. The highest BCUT2D eigenvalue weighted by Crippen LogP contribution is 2.31. The van der Waals surface area contributed by atoms with Crippen molar-refractivity contribution in [1.29, 1.82) is 0 Å². The molecule has 2 heterocycles. The van der Waals surface area contributed by atoms with Gasteiger partial charge in [0, 0.05) is 6.04 Å². The Kier molecular flexibility index (Phi) is 4.50. The van der Waals surface area contributed by atoms with Crippen molar-refractivity contribution in [2.75, 3.05) is 27.2 Å². The first-order valence-corrected chi connectivity index (χ1v) is 8.41. The van der Waals surface area contributed by atoms with Gasteiger partial charge in [0.25, 0.3) is 0 Å². The van der Waals surface area contributed by atoms with Crippen molar-refractivity contribution in [3.05, 3.63) is 30.1 Å². The third-order valence-corrected chi connectivity index (χ3v) is 5.02. The highest BCUT2D eigenvalue weighted by molar-refractivity contribution is 5.74. The minimum Gasteiger partial charge on any atom is -0.341 e. The molecule has 1 atom stereocenters. The Bertz CT molecular complexity index is 577. The van der Waals surface area contributed by atoms with Gasteiger partial charge in [0.1, 0.15) is 5.82 Å². The minimum atomic E-state index is 0.348. The molecule has 0 saturated carbocycles. The molecule has 0 aliphatic carbocycles. The maximum absolute atomic E-state index is 4.86. The van der Waals surface area contributed by atoms with Crippen LogP contribution in [0.4, 0.5) is 0 Å². The summed E-state index contributed by atoms with van der Waals surface area (Å²) in [6.07, 6.45) is 2.49. The molecular formula is C18H28N4. The van der Waals surface area contributed by atoms with E-state index in [1.807, 2.05) is 0 Å². The number of fused-ring (bicyclic) bond motifs is 1. The summed E-state index contributed by atoms with van der Waals surface area (Å²) in [6.45, 7) is 6.98. The summed E-state index contributed by atoms with van der Waals surface area (Å²) in [5, 5.41) is 0. The standard InChI is InChI=1S/C18H28N4/c1-13(2)17(22(4)14-9-11-21(3)12-10-14)18-19-15-7-5-6-8-16(15)20-18/h5-8,13-14,17H,9-12H2,1-4H3,(H,19,20). The fourth-order valence-corrected chi connectivity index (χ4v) is 3.72. The van der Waals surface area contributed by atoms with Gasteiger partial charge in [0.2, 0.25) is 0 Å². The van der Waals surface area contributed by atoms with Gasteiger partial charge in [-0.2, -0.15) is 0 Å². The van der Waals surface area contributed by atoms with E-state index in [1.54, 1.807) is 0 Å². The molecule has 1 aliphatic rings. The van der Waals surface area contributed by atoms with E-state index in [0.717, 1.165) is 16.9 Å². The Balaban J connectivity index is 1.85. The first-order chi connectivity index (χ1) is 10.6. The second kappa shape index (κ2) is 6.39. The number of nitrogens with one attached hydrogen (secondary N) is 1. The molecule has 0 amide bonds. The summed E-state index contributed by atoms with van der Waals surface area (Å²) in [7, 11) is 4.49. The third kappa shape index (κ3) is 3.03. The molecule has 1 N–H and O–H groups in total. The smallest absolute Gasteiger partial charge is 0.124 e. The number of hydrogen-bond donors (Lipinski definition) is 1. The van der Waals surface area contributed by atoms with Crippen molar-refractivity contribution in [3.8, 4) is 0 Å². The molecule has 1 unspecified atom stereocenters. The van der Waals surface area contributed by atoms with Gasteiger partial charge in [-0.3, -0.25) is 4.90 Å². The van der Waals surface area contributed by atoms with E-state index in [0.29, 0.717) is 18.0 Å². The third-order valence-electron chi connectivity index (χ3n) is 5.02. The zero-order valence-electron chi connectivity index (χ0n) is 14.2. The maximum Gasteiger partial charge on any atom is 0.124 e. The number of hydrogen-bond acceptors (Lipinski definition) is 3. The molecular weight excluding hydrogens is 272 g/mol. The summed E-state index contributed by atoms with van der Waals surface area (Å²) in [4.78, 5) is 13.4. The van der Waals surface area contributed by atoms with E-state index in [4.69, 9.17) is 4.98 Å². The van der Waals surface area contributed by atoms with Crippen LogP contribution in [0.3, 0.4) is 0 Å². The number of aromatic amines is 1. The number of para-hydroxylation sites is 2. The Morgan fingerprint density at radius 1 is 1.23 bits per heavy atom. The van der Waals surface area contributed by atoms with Crippen molar-refractivity contribution in [3.63, 3.8) is 0 Å². The minimum absolute atomic E-state index is 0.348. The highest BCUT2D eigenvalue weighted by atomic mass is 15.2. The van der Waals surface area contributed by atoms with Crippen LogP contribution in [0, 0.1) is 5.92 Å². The number of aromatic nitrogens is 2. The lowest BCUT2D eigenvalue weighted by Crippen LogP contribution is -2.44. The van der Waals surface area contributed by atoms with Crippen LogP contribution in [0.5, 0.6) is 0 Å². The Morgan fingerprint density at radius 2 is 1.91 bits per heavy atom. The molecule has 0 bridgehead atoms. The van der Waals surface area contributed by atoms with Crippen LogP contribution in [0.2, 0.25) is 0 Å². The number of benzene rings is 1. The summed E-state index contributed by atoms with van der Waals surface area (Å²) >= 11 is 0. The Hall–Kier alpha value is -1.39. The van der Waals surface area contributed by atoms with Gasteiger partial charge in [-0.05, 0) is 58.1 Å². The number of imidazole rings is 1. The van der Waals surface area contributed by atoms with Gasteiger partial charge in [-0.1, -0.05) is 26.0 Å². The topological polar surface area (TPSA) is 35.2 Å². The average Bonchev–Trinajstić information content (AvgIpc) is 2.90. The zero-order valence-corrected chi connectivity index (χ0v) is 14.2. The van der Waals surface area contributed by atoms with Crippen molar-refractivity contribution < 1.29 is 0 Å². The number of H-pyrrole nitrogens is 1. The second-order valence-electron chi connectivity index (χ2n) is 7.03. The summed E-state index contributed by atoms with van der Waals surface area (Å²) < 4.78 is 0. The molecule has 3 rings (SSSR count). The van der Waals surface area contributed by atoms with E-state index in [1.165, 1.54) is 25.9 Å². The molecule has 2 aromatic rings. The Labute approximate surface area is 133 Å². The van der Waals surface area contributed by atoms with Gasteiger partial charge in [0.15, 0.2) is 0 Å². The lowest BCUT2D eigenvalue weighted by atomic mass is 9.96. The maximum atomic E-state index is 4.86. The average molecular weight is 300 g/mol. The lowest BCUT2D eigenvalue weighted by molar-refractivity contribution is 0.0816. The summed E-state index contributed by atoms with van der Waals surface area (Å²) in [6, 6.07) is 9.31. The molecule has 1 fully saturated rings. The van der Waals surface area contributed by atoms with E-state index >= 15 is 0 Å². The quantitative estimate of drug-likeness (QED) is 0.941. The Morgan fingerprint density at radius 3 is 2.55 bits per heavy atom. The molecule has 1 aromatic carbocycles. The number of rotatable bonds is 4. The molecule has 1 aromatic heterocycles. The monoisotopic (exact) mass is 300 g/mol. The van der Waals surface area contributed by atoms with Crippen LogP contribution in [0.15, 0.2) is 24.3 Å². The molecule has 1 aliphatic heterocycles. The van der Waals surface area contributed by atoms with Crippen molar-refractivity contribution >= 4 is 11.0 Å². The van der Waals surface area contributed by atoms with Gasteiger partial charge in [0.05, 0.1) is 17.1 Å². The molecule has 4 nitrogen and oxygen atoms in total. The predicted molar refractivity (Wildman–Crippen MR) is 92.0 cm³/mol. The molecule has 1 saturated heterocycles. The van der Waals surface area contributed by atoms with Gasteiger partial charge in [-0.25, -0.2) is 4.98 Å². The van der Waals surface area contributed by atoms with Crippen molar-refractivity contribution in [1.82, 2.24) is 19.8 Å². The number of likely N-dealkylation sites (tertiary alicyclic amines) is 1. The van der Waals surface area contributed by atoms with Crippen LogP contribution in [-0.4, -0.2) is 53.0 Å². The van der Waals surface area contributed by atoms with Crippen molar-refractivity contribution in [2.24, 2.45) is 5.92 Å². The normalized spacial score (nSPS) is 19.4. The van der Waals surface area contributed by atoms with Gasteiger partial charge >= 0.3 is 0 Å². The first-order valence-electron chi connectivity index (χ1n) is 8.41. The summed E-state index contributed by atoms with van der Waals surface area (Å²) in [5.74, 6) is 1.64. The SMILES string of the molecule is CC(C)C(c1nc2ccccc2[nH]1)N(C)C1CCN(C)CC1. The largest absolute Gasteiger partial charge is 0.341 e. The van der Waals surface area contributed by atoms with Crippen LogP contribution in [0.1, 0.15) is 38.6 Å². The van der Waals surface area contributed by atoms with Gasteiger partial charge < -0.3 is 9.88 Å². The van der Waals surface area contributed by atoms with Crippen LogP contribution >= 0.6 is 0 Å². The number of piperidine rings is 1. The molecule has 0 spiro atoms. The zero-order chi connectivity index (χ0) is 15.7. The van der Waals surface area contributed by atoms with Gasteiger partial charge in [-0.15, -0.1) is 0 Å². The van der Waals surface area contributed by atoms with Crippen molar-refractivity contribution in [2.45, 2.75) is 38.8 Å². The van der Waals surface area contributed by atoms with E-state index < -0.39 is 0 Å². The fourth-order valence-electron chi connectivity index (χ4n) is 3.72. The summed E-state index contributed by atoms with van der Waals surface area (Å²) in [5.41, 5.74) is 2.21. The molecule has 120 valence electrons. The molecule has 4 heteroatoms. The van der Waals surface area contributed by atoms with Crippen LogP contribution in [-0.2, 0) is 0 Å². The fraction of sp³-hybridized carbons (Fsp3) is 0.611. The molecule has 0 radical (unpaired) electrons. The van der Waals surface area contributed by atoms with Crippen LogP contribution < -0.4 is 0 Å². The van der Waals surface area contributed by atoms with E-state index in [9.17, 15) is 0 Å². The van der Waals surface area contributed by atoms with E-state index in [2.05, 4.69) is 67.0 Å². The first kappa shape index (κ1) is 15.5. The lowest BCUT2D eigenvalue weighted by Gasteiger charge is -2.40. The highest BCUT2D eigenvalue weighted by Gasteiger charge is 2.30. The predicted octanol–water partition coefficient (Wildman–Crippen LogP) is 3.29. The van der Waals surface area contributed by atoms with Crippen LogP contribution in [0.25, 0.3) is 11.0 Å².